The van der Waals surface area contributed by atoms with E-state index >= 15 is 0 Å². The molecule has 0 aliphatic carbocycles. The van der Waals surface area contributed by atoms with Gasteiger partial charge in [-0.1, -0.05) is 22.0 Å². The maximum atomic E-state index is 5.72. The fraction of sp³-hybridized carbons (Fsp3) is 0.0909. The molecule has 2 heterocycles. The SMILES string of the molecule is Nc1ncc(-c2cccnc2)cc1CBr. The van der Waals surface area contributed by atoms with Gasteiger partial charge in [0.25, 0.3) is 0 Å². The Bertz CT molecular complexity index is 457. The van der Waals surface area contributed by atoms with Crippen LogP contribution in [-0.2, 0) is 5.33 Å². The van der Waals surface area contributed by atoms with Gasteiger partial charge < -0.3 is 5.73 Å². The third-order valence-corrected chi connectivity index (χ3v) is 2.74. The second kappa shape index (κ2) is 4.40. The molecule has 0 spiro atoms. The molecule has 76 valence electrons. The second-order valence-electron chi connectivity index (χ2n) is 3.14. The molecule has 15 heavy (non-hydrogen) atoms. The molecule has 2 N–H and O–H groups in total. The van der Waals surface area contributed by atoms with Crippen molar-refractivity contribution in [3.05, 3.63) is 42.4 Å². The third kappa shape index (κ3) is 2.15. The molecule has 0 aliphatic rings. The van der Waals surface area contributed by atoms with E-state index in [-0.39, 0.29) is 0 Å². The Labute approximate surface area is 96.5 Å². The summed E-state index contributed by atoms with van der Waals surface area (Å²) in [7, 11) is 0. The van der Waals surface area contributed by atoms with E-state index in [9.17, 15) is 0 Å². The van der Waals surface area contributed by atoms with E-state index < -0.39 is 0 Å². The highest BCUT2D eigenvalue weighted by Crippen LogP contribution is 2.22. The maximum Gasteiger partial charge on any atom is 0.127 e. The van der Waals surface area contributed by atoms with Crippen LogP contribution in [0, 0.1) is 0 Å². The monoisotopic (exact) mass is 263 g/mol. The van der Waals surface area contributed by atoms with Crippen molar-refractivity contribution in [3.63, 3.8) is 0 Å². The van der Waals surface area contributed by atoms with E-state index in [1.165, 1.54) is 0 Å². The summed E-state index contributed by atoms with van der Waals surface area (Å²) in [6.07, 6.45) is 5.32. The number of nitrogens with two attached hydrogens (primary N) is 1. The zero-order valence-electron chi connectivity index (χ0n) is 8.02. The third-order valence-electron chi connectivity index (χ3n) is 2.14. The fourth-order valence-corrected chi connectivity index (χ4v) is 1.77. The van der Waals surface area contributed by atoms with Gasteiger partial charge in [0.15, 0.2) is 0 Å². The van der Waals surface area contributed by atoms with E-state index in [2.05, 4.69) is 25.9 Å². The Balaban J connectivity index is 2.46. The second-order valence-corrected chi connectivity index (χ2v) is 3.70. The lowest BCUT2D eigenvalue weighted by Crippen LogP contribution is -1.96. The number of pyridine rings is 2. The minimum absolute atomic E-state index is 0.569. The highest BCUT2D eigenvalue weighted by Gasteiger charge is 2.03. The minimum Gasteiger partial charge on any atom is -0.383 e. The van der Waals surface area contributed by atoms with Crippen molar-refractivity contribution in [2.75, 3.05) is 5.73 Å². The van der Waals surface area contributed by atoms with Crippen LogP contribution in [0.15, 0.2) is 36.8 Å². The van der Waals surface area contributed by atoms with Gasteiger partial charge in [-0.3, -0.25) is 4.98 Å². The summed E-state index contributed by atoms with van der Waals surface area (Å²) in [5.74, 6) is 0.569. The van der Waals surface area contributed by atoms with E-state index in [4.69, 9.17) is 5.73 Å². The average molecular weight is 264 g/mol. The molecule has 0 aliphatic heterocycles. The predicted octanol–water partition coefficient (Wildman–Crippen LogP) is 2.62. The summed E-state index contributed by atoms with van der Waals surface area (Å²) in [5.41, 5.74) is 8.80. The Morgan fingerprint density at radius 2 is 2.13 bits per heavy atom. The van der Waals surface area contributed by atoms with Gasteiger partial charge in [0.2, 0.25) is 0 Å². The molecule has 0 bridgehead atoms. The van der Waals surface area contributed by atoms with Gasteiger partial charge in [0, 0.05) is 40.6 Å². The van der Waals surface area contributed by atoms with Crippen molar-refractivity contribution in [1.29, 1.82) is 0 Å². The summed E-state index contributed by atoms with van der Waals surface area (Å²) in [6.45, 7) is 0. The van der Waals surface area contributed by atoms with Gasteiger partial charge >= 0.3 is 0 Å². The number of hydrogen-bond donors (Lipinski definition) is 1. The zero-order chi connectivity index (χ0) is 10.7. The number of hydrogen-bond acceptors (Lipinski definition) is 3. The van der Waals surface area contributed by atoms with Gasteiger partial charge in [0.05, 0.1) is 0 Å². The fourth-order valence-electron chi connectivity index (χ4n) is 1.32. The quantitative estimate of drug-likeness (QED) is 0.848. The van der Waals surface area contributed by atoms with E-state index in [0.29, 0.717) is 11.1 Å². The molecule has 0 radical (unpaired) electrons. The van der Waals surface area contributed by atoms with Crippen molar-refractivity contribution in [2.24, 2.45) is 0 Å². The number of alkyl halides is 1. The van der Waals surface area contributed by atoms with Crippen LogP contribution < -0.4 is 5.73 Å². The number of nitrogen functional groups attached to an aromatic ring is 1. The van der Waals surface area contributed by atoms with Crippen LogP contribution in [-0.4, -0.2) is 9.97 Å². The Morgan fingerprint density at radius 3 is 2.80 bits per heavy atom. The van der Waals surface area contributed by atoms with Gasteiger partial charge in [-0.15, -0.1) is 0 Å². The summed E-state index contributed by atoms with van der Waals surface area (Å²) >= 11 is 3.38. The first kappa shape index (κ1) is 10.1. The molecule has 2 aromatic rings. The molecule has 3 nitrogen and oxygen atoms in total. The van der Waals surface area contributed by atoms with E-state index in [1.54, 1.807) is 12.4 Å². The number of anilines is 1. The van der Waals surface area contributed by atoms with Crippen molar-refractivity contribution < 1.29 is 0 Å². The first-order chi connectivity index (χ1) is 7.31. The molecule has 0 saturated heterocycles. The molecule has 2 aromatic heterocycles. The molecule has 2 rings (SSSR count). The molecule has 0 unspecified atom stereocenters. The van der Waals surface area contributed by atoms with Gasteiger partial charge in [-0.05, 0) is 12.1 Å². The van der Waals surface area contributed by atoms with Crippen LogP contribution >= 0.6 is 15.9 Å². The van der Waals surface area contributed by atoms with Crippen LogP contribution in [0.25, 0.3) is 11.1 Å². The van der Waals surface area contributed by atoms with Crippen LogP contribution in [0.2, 0.25) is 0 Å². The largest absolute Gasteiger partial charge is 0.383 e. The van der Waals surface area contributed by atoms with Gasteiger partial charge in [-0.25, -0.2) is 4.98 Å². The lowest BCUT2D eigenvalue weighted by molar-refractivity contribution is 1.26. The summed E-state index contributed by atoms with van der Waals surface area (Å²) in [4.78, 5) is 8.21. The first-order valence-corrected chi connectivity index (χ1v) is 5.64. The molecule has 0 aromatic carbocycles. The standard InChI is InChI=1S/C11H10BrN3/c12-5-9-4-10(7-15-11(9)13)8-2-1-3-14-6-8/h1-4,6-7H,5H2,(H2,13,15). The molecular weight excluding hydrogens is 254 g/mol. The van der Waals surface area contributed by atoms with Gasteiger partial charge in [0.1, 0.15) is 5.82 Å². The van der Waals surface area contributed by atoms with Crippen molar-refractivity contribution >= 4 is 21.7 Å². The molecule has 0 saturated carbocycles. The molecule has 0 fully saturated rings. The zero-order valence-corrected chi connectivity index (χ0v) is 9.61. The Hall–Kier alpha value is -1.42. The van der Waals surface area contributed by atoms with Crippen molar-refractivity contribution in [3.8, 4) is 11.1 Å². The highest BCUT2D eigenvalue weighted by molar-refractivity contribution is 9.08. The number of aromatic nitrogens is 2. The number of nitrogens with zero attached hydrogens (tertiary/aromatic N) is 2. The molecular formula is C11H10BrN3. The molecule has 0 amide bonds. The number of halogens is 1. The lowest BCUT2D eigenvalue weighted by Gasteiger charge is -2.04. The Morgan fingerprint density at radius 1 is 1.27 bits per heavy atom. The average Bonchev–Trinajstić information content (AvgIpc) is 2.31. The summed E-state index contributed by atoms with van der Waals surface area (Å²) < 4.78 is 0. The summed E-state index contributed by atoms with van der Waals surface area (Å²) in [6, 6.07) is 5.92. The topological polar surface area (TPSA) is 51.8 Å². The maximum absolute atomic E-state index is 5.72. The van der Waals surface area contributed by atoms with Gasteiger partial charge in [-0.2, -0.15) is 0 Å². The Kier molecular flexibility index (Phi) is 2.97. The normalized spacial score (nSPS) is 10.2. The van der Waals surface area contributed by atoms with E-state index in [0.717, 1.165) is 16.7 Å². The smallest absolute Gasteiger partial charge is 0.127 e. The minimum atomic E-state index is 0.569. The lowest BCUT2D eigenvalue weighted by atomic mass is 10.1. The number of rotatable bonds is 2. The predicted molar refractivity (Wildman–Crippen MR) is 64.5 cm³/mol. The highest BCUT2D eigenvalue weighted by atomic mass is 79.9. The van der Waals surface area contributed by atoms with Crippen LogP contribution in [0.5, 0.6) is 0 Å². The van der Waals surface area contributed by atoms with Crippen LogP contribution in [0.1, 0.15) is 5.56 Å². The summed E-state index contributed by atoms with van der Waals surface area (Å²) in [5, 5.41) is 0.708. The molecule has 0 atom stereocenters. The van der Waals surface area contributed by atoms with Crippen LogP contribution in [0.3, 0.4) is 0 Å². The van der Waals surface area contributed by atoms with Crippen molar-refractivity contribution in [1.82, 2.24) is 9.97 Å². The first-order valence-electron chi connectivity index (χ1n) is 4.52. The van der Waals surface area contributed by atoms with E-state index in [1.807, 2.05) is 24.4 Å². The van der Waals surface area contributed by atoms with Crippen molar-refractivity contribution in [2.45, 2.75) is 5.33 Å². The van der Waals surface area contributed by atoms with Crippen LogP contribution in [0.4, 0.5) is 5.82 Å². The molecule has 4 heteroatoms.